The van der Waals surface area contributed by atoms with Gasteiger partial charge in [0.05, 0.1) is 0 Å². The van der Waals surface area contributed by atoms with Crippen LogP contribution < -0.4 is 5.32 Å². The van der Waals surface area contributed by atoms with Crippen LogP contribution in [0.1, 0.15) is 25.3 Å². The number of hydrogen-bond donors (Lipinski definition) is 1. The molecule has 86 valence electrons. The Morgan fingerprint density at radius 3 is 2.38 bits per heavy atom. The minimum absolute atomic E-state index is 0.288. The van der Waals surface area contributed by atoms with Gasteiger partial charge in [-0.3, -0.25) is 0 Å². The summed E-state index contributed by atoms with van der Waals surface area (Å²) in [5.41, 5.74) is 1.73. The van der Waals surface area contributed by atoms with Crippen molar-refractivity contribution in [3.63, 3.8) is 0 Å². The average molecular weight is 280 g/mol. The Balaban J connectivity index is 2.21. The molecule has 0 unspecified atom stereocenters. The van der Waals surface area contributed by atoms with Crippen molar-refractivity contribution in [2.75, 3.05) is 13.1 Å². The van der Waals surface area contributed by atoms with E-state index in [2.05, 4.69) is 64.6 Å². The summed E-state index contributed by atoms with van der Waals surface area (Å²) in [6.07, 6.45) is 6.92. The molecule has 2 rings (SSSR count). The lowest BCUT2D eigenvalue weighted by molar-refractivity contribution is 0.424. The minimum atomic E-state index is 0.288. The Bertz CT molecular complexity index is 359. The lowest BCUT2D eigenvalue weighted by Crippen LogP contribution is -2.36. The quantitative estimate of drug-likeness (QED) is 0.830. The van der Waals surface area contributed by atoms with Gasteiger partial charge < -0.3 is 5.32 Å². The highest BCUT2D eigenvalue weighted by atomic mass is 79.9. The fourth-order valence-corrected chi connectivity index (χ4v) is 2.62. The maximum Gasteiger partial charge on any atom is 0.0175 e. The van der Waals surface area contributed by atoms with Gasteiger partial charge in [-0.1, -0.05) is 47.1 Å². The van der Waals surface area contributed by atoms with Gasteiger partial charge >= 0.3 is 0 Å². The van der Waals surface area contributed by atoms with Crippen LogP contribution in [-0.2, 0) is 5.41 Å². The first kappa shape index (κ1) is 11.9. The second-order valence-electron chi connectivity index (χ2n) is 4.45. The van der Waals surface area contributed by atoms with Crippen molar-refractivity contribution in [2.24, 2.45) is 0 Å². The third kappa shape index (κ3) is 2.38. The summed E-state index contributed by atoms with van der Waals surface area (Å²) in [6, 6.07) is 8.77. The topological polar surface area (TPSA) is 12.0 Å². The van der Waals surface area contributed by atoms with E-state index in [1.165, 1.54) is 5.56 Å². The van der Waals surface area contributed by atoms with Crippen molar-refractivity contribution in [1.29, 1.82) is 0 Å². The van der Waals surface area contributed by atoms with Crippen LogP contribution in [-0.4, -0.2) is 13.1 Å². The summed E-state index contributed by atoms with van der Waals surface area (Å²) >= 11 is 3.49. The molecule has 16 heavy (non-hydrogen) atoms. The largest absolute Gasteiger partial charge is 0.316 e. The second kappa shape index (κ2) is 5.15. The third-order valence-electron chi connectivity index (χ3n) is 3.35. The molecule has 0 aromatic heterocycles. The molecule has 1 aliphatic rings. The molecule has 0 saturated carbocycles. The average Bonchev–Trinajstić information content (AvgIpc) is 2.77. The SMILES string of the molecule is CCNCC1(c2ccc(Br)cc2)CC=CC1. The molecule has 1 aromatic carbocycles. The molecule has 0 atom stereocenters. The zero-order valence-corrected chi connectivity index (χ0v) is 11.3. The van der Waals surface area contributed by atoms with Gasteiger partial charge in [-0.25, -0.2) is 0 Å². The first-order chi connectivity index (χ1) is 7.77. The minimum Gasteiger partial charge on any atom is -0.316 e. The molecule has 2 heteroatoms. The molecule has 0 fully saturated rings. The lowest BCUT2D eigenvalue weighted by Gasteiger charge is -2.30. The first-order valence-corrected chi connectivity index (χ1v) is 6.68. The smallest absolute Gasteiger partial charge is 0.0175 e. The maximum atomic E-state index is 3.49. The standard InChI is InChI=1S/C14H18BrN/c1-2-16-11-14(9-3-4-10-14)12-5-7-13(15)8-6-12/h3-8,16H,2,9-11H2,1H3. The number of benzene rings is 1. The predicted molar refractivity (Wildman–Crippen MR) is 72.7 cm³/mol. The number of nitrogens with one attached hydrogen (secondary N) is 1. The highest BCUT2D eigenvalue weighted by Gasteiger charge is 2.32. The van der Waals surface area contributed by atoms with Crippen LogP contribution in [0.4, 0.5) is 0 Å². The number of rotatable bonds is 4. The van der Waals surface area contributed by atoms with Gasteiger partial charge in [0.25, 0.3) is 0 Å². The monoisotopic (exact) mass is 279 g/mol. The van der Waals surface area contributed by atoms with Gasteiger partial charge in [-0.2, -0.15) is 0 Å². The van der Waals surface area contributed by atoms with Crippen LogP contribution in [0.2, 0.25) is 0 Å². The van der Waals surface area contributed by atoms with Gasteiger partial charge in [-0.05, 0) is 37.1 Å². The highest BCUT2D eigenvalue weighted by molar-refractivity contribution is 9.10. The molecule has 0 radical (unpaired) electrons. The van der Waals surface area contributed by atoms with E-state index in [1.807, 2.05) is 0 Å². The summed E-state index contributed by atoms with van der Waals surface area (Å²) in [5.74, 6) is 0. The molecule has 1 nitrogen and oxygen atoms in total. The van der Waals surface area contributed by atoms with E-state index in [-0.39, 0.29) is 5.41 Å². The Morgan fingerprint density at radius 2 is 1.81 bits per heavy atom. The van der Waals surface area contributed by atoms with Crippen molar-refractivity contribution in [1.82, 2.24) is 5.32 Å². The first-order valence-electron chi connectivity index (χ1n) is 5.89. The maximum absolute atomic E-state index is 3.49. The Labute approximate surface area is 106 Å². The van der Waals surface area contributed by atoms with E-state index in [9.17, 15) is 0 Å². The van der Waals surface area contributed by atoms with E-state index in [0.29, 0.717) is 0 Å². The van der Waals surface area contributed by atoms with Crippen LogP contribution in [0, 0.1) is 0 Å². The second-order valence-corrected chi connectivity index (χ2v) is 5.36. The molecule has 0 bridgehead atoms. The number of hydrogen-bond acceptors (Lipinski definition) is 1. The van der Waals surface area contributed by atoms with Crippen LogP contribution >= 0.6 is 15.9 Å². The van der Waals surface area contributed by atoms with E-state index in [0.717, 1.165) is 30.4 Å². The zero-order chi connectivity index (χ0) is 11.4. The van der Waals surface area contributed by atoms with Gasteiger partial charge in [0, 0.05) is 16.4 Å². The molecule has 1 aromatic rings. The Hall–Kier alpha value is -0.600. The van der Waals surface area contributed by atoms with Crippen molar-refractivity contribution in [3.05, 3.63) is 46.5 Å². The molecule has 0 saturated heterocycles. The molecular formula is C14H18BrN. The van der Waals surface area contributed by atoms with Gasteiger partial charge in [-0.15, -0.1) is 0 Å². The molecular weight excluding hydrogens is 262 g/mol. The molecule has 0 heterocycles. The fraction of sp³-hybridized carbons (Fsp3) is 0.429. The van der Waals surface area contributed by atoms with E-state index < -0.39 is 0 Å². The van der Waals surface area contributed by atoms with Gasteiger partial charge in [0.2, 0.25) is 0 Å². The molecule has 0 spiro atoms. The van der Waals surface area contributed by atoms with Crippen molar-refractivity contribution < 1.29 is 0 Å². The summed E-state index contributed by atoms with van der Waals surface area (Å²) in [7, 11) is 0. The summed E-state index contributed by atoms with van der Waals surface area (Å²) in [6.45, 7) is 4.27. The van der Waals surface area contributed by atoms with E-state index >= 15 is 0 Å². The number of halogens is 1. The normalized spacial score (nSPS) is 17.9. The summed E-state index contributed by atoms with van der Waals surface area (Å²) < 4.78 is 1.15. The number of likely N-dealkylation sites (N-methyl/N-ethyl adjacent to an activating group) is 1. The van der Waals surface area contributed by atoms with Crippen LogP contribution in [0.5, 0.6) is 0 Å². The molecule has 0 aliphatic heterocycles. The lowest BCUT2D eigenvalue weighted by atomic mass is 9.78. The summed E-state index contributed by atoms with van der Waals surface area (Å²) in [5, 5.41) is 3.49. The van der Waals surface area contributed by atoms with Crippen molar-refractivity contribution in [3.8, 4) is 0 Å². The predicted octanol–water partition coefficient (Wildman–Crippen LogP) is 3.65. The van der Waals surface area contributed by atoms with Crippen LogP contribution in [0.3, 0.4) is 0 Å². The van der Waals surface area contributed by atoms with Crippen molar-refractivity contribution in [2.45, 2.75) is 25.2 Å². The van der Waals surface area contributed by atoms with Crippen LogP contribution in [0.25, 0.3) is 0 Å². The fourth-order valence-electron chi connectivity index (χ4n) is 2.35. The van der Waals surface area contributed by atoms with E-state index in [1.54, 1.807) is 0 Å². The third-order valence-corrected chi connectivity index (χ3v) is 3.88. The molecule has 0 amide bonds. The Kier molecular flexibility index (Phi) is 3.82. The summed E-state index contributed by atoms with van der Waals surface area (Å²) in [4.78, 5) is 0. The Morgan fingerprint density at radius 1 is 1.19 bits per heavy atom. The van der Waals surface area contributed by atoms with Gasteiger partial charge in [0.15, 0.2) is 0 Å². The van der Waals surface area contributed by atoms with Crippen molar-refractivity contribution >= 4 is 15.9 Å². The highest BCUT2D eigenvalue weighted by Crippen LogP contribution is 2.36. The zero-order valence-electron chi connectivity index (χ0n) is 9.67. The molecule has 1 N–H and O–H groups in total. The van der Waals surface area contributed by atoms with E-state index in [4.69, 9.17) is 0 Å². The molecule has 1 aliphatic carbocycles. The number of allylic oxidation sites excluding steroid dienone is 2. The van der Waals surface area contributed by atoms with Gasteiger partial charge in [0.1, 0.15) is 0 Å². The van der Waals surface area contributed by atoms with Crippen LogP contribution in [0.15, 0.2) is 40.9 Å².